The number of aliphatic hydroxyl groups excluding tert-OH is 1. The summed E-state index contributed by atoms with van der Waals surface area (Å²) in [6.07, 6.45) is 2.73. The van der Waals surface area contributed by atoms with Crippen LogP contribution in [0.4, 0.5) is 0 Å². The largest absolute Gasteiger partial charge is 0.497 e. The number of carboxylic acid groups (broad SMARTS) is 1. The maximum atomic E-state index is 11.2. The Kier molecular flexibility index (Phi) is 6.76. The van der Waals surface area contributed by atoms with E-state index < -0.39 is 5.97 Å². The van der Waals surface area contributed by atoms with E-state index in [4.69, 9.17) is 24.4 Å². The van der Waals surface area contributed by atoms with Crippen molar-refractivity contribution in [3.8, 4) is 28.8 Å². The summed E-state index contributed by atoms with van der Waals surface area (Å²) in [5.41, 5.74) is 1.73. The molecular formula is C21H21N3O6. The molecule has 0 aliphatic carbocycles. The van der Waals surface area contributed by atoms with E-state index in [2.05, 4.69) is 15.0 Å². The Hall–Kier alpha value is -3.72. The molecule has 0 saturated heterocycles. The molecule has 0 aliphatic heterocycles. The molecule has 0 bridgehead atoms. The fourth-order valence-corrected chi connectivity index (χ4v) is 2.63. The summed E-state index contributed by atoms with van der Waals surface area (Å²) in [5.74, 6) is 0.605. The third kappa shape index (κ3) is 5.00. The van der Waals surface area contributed by atoms with Gasteiger partial charge in [-0.2, -0.15) is 0 Å². The van der Waals surface area contributed by atoms with Gasteiger partial charge in [0.25, 0.3) is 0 Å². The third-order valence-electron chi connectivity index (χ3n) is 4.19. The maximum absolute atomic E-state index is 11.2. The second-order valence-electron chi connectivity index (χ2n) is 6.23. The van der Waals surface area contributed by atoms with Crippen LogP contribution in [0.3, 0.4) is 0 Å². The molecule has 1 aromatic carbocycles. The zero-order chi connectivity index (χ0) is 21.5. The van der Waals surface area contributed by atoms with Gasteiger partial charge in [0, 0.05) is 18.5 Å². The lowest BCUT2D eigenvalue weighted by molar-refractivity contribution is 0.0695. The lowest BCUT2D eigenvalue weighted by atomic mass is 10.2. The number of hydrogen-bond acceptors (Lipinski definition) is 8. The van der Waals surface area contributed by atoms with E-state index in [1.54, 1.807) is 20.1 Å². The first-order chi connectivity index (χ1) is 14.5. The Balaban J connectivity index is 1.84. The average Bonchev–Trinajstić information content (AvgIpc) is 2.76. The Morgan fingerprint density at radius 2 is 1.87 bits per heavy atom. The van der Waals surface area contributed by atoms with Crippen molar-refractivity contribution in [1.29, 1.82) is 0 Å². The number of hydrogen-bond donors (Lipinski definition) is 2. The van der Waals surface area contributed by atoms with Gasteiger partial charge in [-0.15, -0.1) is 0 Å². The summed E-state index contributed by atoms with van der Waals surface area (Å²) < 4.78 is 16.5. The SMILES string of the molecule is COc1ccc(COc2cc(OCCO)c(-c3ncc(C(=O)O)c(C)n3)cn2)cc1. The van der Waals surface area contributed by atoms with E-state index in [1.807, 2.05) is 24.3 Å². The fourth-order valence-electron chi connectivity index (χ4n) is 2.63. The molecule has 0 unspecified atom stereocenters. The van der Waals surface area contributed by atoms with Crippen molar-refractivity contribution in [3.63, 3.8) is 0 Å². The highest BCUT2D eigenvalue weighted by molar-refractivity contribution is 5.88. The lowest BCUT2D eigenvalue weighted by Gasteiger charge is -2.13. The van der Waals surface area contributed by atoms with Crippen molar-refractivity contribution in [2.24, 2.45) is 0 Å². The Morgan fingerprint density at radius 3 is 2.50 bits per heavy atom. The summed E-state index contributed by atoms with van der Waals surface area (Å²) in [4.78, 5) is 23.8. The molecule has 3 rings (SSSR count). The van der Waals surface area contributed by atoms with Crippen LogP contribution in [0, 0.1) is 6.92 Å². The minimum absolute atomic E-state index is 0.0176. The van der Waals surface area contributed by atoms with Crippen molar-refractivity contribution in [2.75, 3.05) is 20.3 Å². The van der Waals surface area contributed by atoms with Crippen molar-refractivity contribution >= 4 is 5.97 Å². The number of aliphatic hydroxyl groups is 1. The van der Waals surface area contributed by atoms with E-state index in [1.165, 1.54) is 12.4 Å². The number of carbonyl (C=O) groups is 1. The smallest absolute Gasteiger partial charge is 0.339 e. The number of pyridine rings is 1. The summed E-state index contributed by atoms with van der Waals surface area (Å²) in [5, 5.41) is 18.3. The zero-order valence-corrected chi connectivity index (χ0v) is 16.5. The van der Waals surface area contributed by atoms with Crippen LogP contribution in [-0.2, 0) is 6.61 Å². The lowest BCUT2D eigenvalue weighted by Crippen LogP contribution is -2.07. The van der Waals surface area contributed by atoms with Crippen LogP contribution >= 0.6 is 0 Å². The highest BCUT2D eigenvalue weighted by Crippen LogP contribution is 2.30. The zero-order valence-electron chi connectivity index (χ0n) is 16.5. The van der Waals surface area contributed by atoms with Crippen LogP contribution < -0.4 is 14.2 Å². The van der Waals surface area contributed by atoms with Gasteiger partial charge >= 0.3 is 5.97 Å². The molecule has 0 saturated carbocycles. The Morgan fingerprint density at radius 1 is 1.10 bits per heavy atom. The Bertz CT molecular complexity index is 1020. The first-order valence-corrected chi connectivity index (χ1v) is 9.08. The van der Waals surface area contributed by atoms with E-state index in [0.717, 1.165) is 11.3 Å². The number of nitrogens with zero attached hydrogens (tertiary/aromatic N) is 3. The van der Waals surface area contributed by atoms with Crippen LogP contribution in [0.1, 0.15) is 21.6 Å². The second-order valence-corrected chi connectivity index (χ2v) is 6.23. The van der Waals surface area contributed by atoms with E-state index in [9.17, 15) is 4.79 Å². The van der Waals surface area contributed by atoms with Gasteiger partial charge in [-0.3, -0.25) is 0 Å². The van der Waals surface area contributed by atoms with Crippen LogP contribution in [-0.4, -0.2) is 51.5 Å². The van der Waals surface area contributed by atoms with Gasteiger partial charge in [0.05, 0.1) is 30.5 Å². The minimum Gasteiger partial charge on any atom is -0.497 e. The molecule has 0 aliphatic rings. The molecule has 30 heavy (non-hydrogen) atoms. The number of rotatable bonds is 9. The molecule has 3 aromatic rings. The van der Waals surface area contributed by atoms with E-state index in [0.29, 0.717) is 29.5 Å². The maximum Gasteiger partial charge on any atom is 0.339 e. The third-order valence-corrected chi connectivity index (χ3v) is 4.19. The molecule has 0 fully saturated rings. The summed E-state index contributed by atoms with van der Waals surface area (Å²) >= 11 is 0. The van der Waals surface area contributed by atoms with Crippen LogP contribution in [0.2, 0.25) is 0 Å². The van der Waals surface area contributed by atoms with Crippen molar-refractivity contribution in [1.82, 2.24) is 15.0 Å². The molecular weight excluding hydrogens is 390 g/mol. The molecule has 0 amide bonds. The second kappa shape index (κ2) is 9.66. The number of carboxylic acids is 1. The van der Waals surface area contributed by atoms with Crippen molar-refractivity contribution < 1.29 is 29.2 Å². The predicted molar refractivity (Wildman–Crippen MR) is 107 cm³/mol. The average molecular weight is 411 g/mol. The number of aromatic carboxylic acids is 1. The minimum atomic E-state index is -1.10. The molecule has 0 spiro atoms. The molecule has 0 radical (unpaired) electrons. The molecule has 2 N–H and O–H groups in total. The standard InChI is InChI=1S/C21H21N3O6/c1-13-16(21(26)27)10-23-20(24-13)17-11-22-19(9-18(17)29-8-7-25)30-12-14-3-5-15(28-2)6-4-14/h3-6,9-11,25H,7-8,12H2,1-2H3,(H,26,27). The van der Waals surface area contributed by atoms with Crippen LogP contribution in [0.5, 0.6) is 17.4 Å². The first kappa shape index (κ1) is 21.0. The van der Waals surface area contributed by atoms with Crippen LogP contribution in [0.15, 0.2) is 42.7 Å². The number of methoxy groups -OCH3 is 1. The molecule has 156 valence electrons. The summed E-state index contributed by atoms with van der Waals surface area (Å²) in [7, 11) is 1.60. The van der Waals surface area contributed by atoms with Gasteiger partial charge in [0.15, 0.2) is 5.82 Å². The van der Waals surface area contributed by atoms with Gasteiger partial charge in [0.1, 0.15) is 24.7 Å². The fraction of sp³-hybridized carbons (Fsp3) is 0.238. The topological polar surface area (TPSA) is 124 Å². The van der Waals surface area contributed by atoms with Crippen LogP contribution in [0.25, 0.3) is 11.4 Å². The number of aryl methyl sites for hydroxylation is 1. The number of ether oxygens (including phenoxy) is 3. The molecule has 9 heteroatoms. The van der Waals surface area contributed by atoms with Gasteiger partial charge < -0.3 is 24.4 Å². The van der Waals surface area contributed by atoms with Gasteiger partial charge in [-0.05, 0) is 24.6 Å². The molecule has 2 heterocycles. The Labute approximate surface area is 172 Å². The first-order valence-electron chi connectivity index (χ1n) is 9.08. The van der Waals surface area contributed by atoms with Gasteiger partial charge in [0.2, 0.25) is 5.88 Å². The van der Waals surface area contributed by atoms with Gasteiger partial charge in [-0.1, -0.05) is 12.1 Å². The predicted octanol–water partition coefficient (Wildman–Crippen LogP) is 2.50. The van der Waals surface area contributed by atoms with E-state index >= 15 is 0 Å². The molecule has 9 nitrogen and oxygen atoms in total. The number of benzene rings is 1. The monoisotopic (exact) mass is 411 g/mol. The quantitative estimate of drug-likeness (QED) is 0.546. The number of aromatic nitrogens is 3. The van der Waals surface area contributed by atoms with Crippen molar-refractivity contribution in [3.05, 3.63) is 59.5 Å². The van der Waals surface area contributed by atoms with Gasteiger partial charge in [-0.25, -0.2) is 19.7 Å². The molecule has 0 atom stereocenters. The summed E-state index contributed by atoms with van der Waals surface area (Å²) in [6.45, 7) is 1.75. The normalized spacial score (nSPS) is 10.5. The highest BCUT2D eigenvalue weighted by atomic mass is 16.5. The highest BCUT2D eigenvalue weighted by Gasteiger charge is 2.16. The molecule has 2 aromatic heterocycles. The van der Waals surface area contributed by atoms with E-state index in [-0.39, 0.29) is 24.6 Å². The summed E-state index contributed by atoms with van der Waals surface area (Å²) in [6, 6.07) is 9.03. The van der Waals surface area contributed by atoms with Crippen molar-refractivity contribution in [2.45, 2.75) is 13.5 Å².